The third-order valence-corrected chi connectivity index (χ3v) is 4.13. The largest absolute Gasteiger partial charge is 0.382 e. The fraction of sp³-hybridized carbons (Fsp3) is 0.600. The molecule has 0 spiro atoms. The van der Waals surface area contributed by atoms with E-state index >= 15 is 0 Å². The first-order valence-electron chi connectivity index (χ1n) is 7.39. The zero-order valence-corrected chi connectivity index (χ0v) is 13.0. The maximum absolute atomic E-state index is 11.1. The molecule has 0 bridgehead atoms. The summed E-state index contributed by atoms with van der Waals surface area (Å²) in [6, 6.07) is 5.74. The van der Waals surface area contributed by atoms with Crippen molar-refractivity contribution < 1.29 is 4.92 Å². The molecule has 0 saturated carbocycles. The highest BCUT2D eigenvalue weighted by Crippen LogP contribution is 2.29. The topological polar surface area (TPSA) is 61.6 Å². The minimum absolute atomic E-state index is 0.148. The van der Waals surface area contributed by atoms with E-state index in [1.54, 1.807) is 19.2 Å². The Kier molecular flexibility index (Phi) is 5.14. The standard InChI is InChI=1S/C15H24N4O2/c1-12-10-17(3)8-5-9-18(12)11-13-6-4-7-14(19(20)21)15(13)16-2/h4,6-7,12,16H,5,8-11H2,1-3H3. The van der Waals surface area contributed by atoms with Crippen LogP contribution in [0.1, 0.15) is 18.9 Å². The second-order valence-corrected chi connectivity index (χ2v) is 5.75. The molecule has 0 amide bonds. The lowest BCUT2D eigenvalue weighted by molar-refractivity contribution is -0.384. The Hall–Kier alpha value is -1.66. The molecule has 0 aliphatic carbocycles. The van der Waals surface area contributed by atoms with E-state index in [2.05, 4.69) is 29.1 Å². The summed E-state index contributed by atoms with van der Waals surface area (Å²) in [7, 11) is 3.89. The Bertz CT molecular complexity index is 506. The van der Waals surface area contributed by atoms with Gasteiger partial charge in [0.2, 0.25) is 0 Å². The molecule has 21 heavy (non-hydrogen) atoms. The van der Waals surface area contributed by atoms with Crippen LogP contribution in [-0.2, 0) is 6.54 Å². The highest BCUT2D eigenvalue weighted by molar-refractivity contribution is 5.66. The van der Waals surface area contributed by atoms with Gasteiger partial charge in [-0.2, -0.15) is 0 Å². The Labute approximate surface area is 125 Å². The SMILES string of the molecule is CNc1c(CN2CCCN(C)CC2C)cccc1[N+](=O)[O-]. The molecule has 1 heterocycles. The predicted octanol–water partition coefficient (Wildman–Crippen LogP) is 2.16. The molecule has 1 N–H and O–H groups in total. The van der Waals surface area contributed by atoms with Crippen LogP contribution < -0.4 is 5.32 Å². The quantitative estimate of drug-likeness (QED) is 0.680. The Balaban J connectivity index is 2.22. The molecule has 1 fully saturated rings. The van der Waals surface area contributed by atoms with Crippen molar-refractivity contribution in [1.29, 1.82) is 0 Å². The van der Waals surface area contributed by atoms with Crippen molar-refractivity contribution in [1.82, 2.24) is 9.80 Å². The fourth-order valence-corrected chi connectivity index (χ4v) is 3.03. The smallest absolute Gasteiger partial charge is 0.292 e. The van der Waals surface area contributed by atoms with E-state index in [-0.39, 0.29) is 10.6 Å². The van der Waals surface area contributed by atoms with Gasteiger partial charge in [0.05, 0.1) is 4.92 Å². The number of nitro groups is 1. The first kappa shape index (κ1) is 15.7. The molecule has 1 saturated heterocycles. The van der Waals surface area contributed by atoms with Gasteiger partial charge in [-0.15, -0.1) is 0 Å². The van der Waals surface area contributed by atoms with Crippen LogP contribution >= 0.6 is 0 Å². The molecule has 1 aromatic carbocycles. The average molecular weight is 292 g/mol. The first-order chi connectivity index (χ1) is 10.0. The van der Waals surface area contributed by atoms with Gasteiger partial charge < -0.3 is 10.2 Å². The van der Waals surface area contributed by atoms with Crippen molar-refractivity contribution in [2.45, 2.75) is 25.9 Å². The number of benzene rings is 1. The van der Waals surface area contributed by atoms with Crippen LogP contribution in [0.25, 0.3) is 0 Å². The van der Waals surface area contributed by atoms with E-state index in [1.807, 2.05) is 6.07 Å². The van der Waals surface area contributed by atoms with E-state index in [4.69, 9.17) is 0 Å². The number of hydrogen-bond donors (Lipinski definition) is 1. The van der Waals surface area contributed by atoms with Gasteiger partial charge in [0.1, 0.15) is 5.69 Å². The first-order valence-corrected chi connectivity index (χ1v) is 7.39. The lowest BCUT2D eigenvalue weighted by Gasteiger charge is -2.28. The van der Waals surface area contributed by atoms with Gasteiger partial charge >= 0.3 is 0 Å². The highest BCUT2D eigenvalue weighted by atomic mass is 16.6. The maximum Gasteiger partial charge on any atom is 0.292 e. The molecule has 0 radical (unpaired) electrons. The van der Waals surface area contributed by atoms with Gasteiger partial charge in [-0.25, -0.2) is 0 Å². The number of rotatable bonds is 4. The third kappa shape index (κ3) is 3.71. The second-order valence-electron chi connectivity index (χ2n) is 5.75. The molecule has 1 unspecified atom stereocenters. The second kappa shape index (κ2) is 6.87. The molecule has 116 valence electrons. The van der Waals surface area contributed by atoms with Crippen LogP contribution in [0.15, 0.2) is 18.2 Å². The van der Waals surface area contributed by atoms with Crippen LogP contribution in [-0.4, -0.2) is 54.5 Å². The van der Waals surface area contributed by atoms with E-state index in [0.29, 0.717) is 11.7 Å². The van der Waals surface area contributed by atoms with Crippen molar-refractivity contribution in [3.8, 4) is 0 Å². The number of nitrogens with one attached hydrogen (secondary N) is 1. The summed E-state index contributed by atoms with van der Waals surface area (Å²) in [6.07, 6.45) is 1.13. The van der Waals surface area contributed by atoms with E-state index in [1.165, 1.54) is 0 Å². The molecule has 1 atom stereocenters. The molecule has 6 nitrogen and oxygen atoms in total. The number of hydrogen-bond acceptors (Lipinski definition) is 5. The Morgan fingerprint density at radius 2 is 2.19 bits per heavy atom. The predicted molar refractivity (Wildman–Crippen MR) is 84.6 cm³/mol. The van der Waals surface area contributed by atoms with Gasteiger partial charge in [-0.3, -0.25) is 15.0 Å². The Morgan fingerprint density at radius 3 is 2.86 bits per heavy atom. The summed E-state index contributed by atoms with van der Waals surface area (Å²) >= 11 is 0. The normalized spacial score (nSPS) is 21.0. The van der Waals surface area contributed by atoms with Crippen LogP contribution in [0.2, 0.25) is 0 Å². The van der Waals surface area contributed by atoms with Gasteiger partial charge in [0.25, 0.3) is 5.69 Å². The van der Waals surface area contributed by atoms with E-state index in [0.717, 1.165) is 38.2 Å². The van der Waals surface area contributed by atoms with E-state index < -0.39 is 0 Å². The molecular weight excluding hydrogens is 268 g/mol. The zero-order valence-electron chi connectivity index (χ0n) is 13.0. The molecule has 6 heteroatoms. The maximum atomic E-state index is 11.1. The van der Waals surface area contributed by atoms with Crippen molar-refractivity contribution in [3.05, 3.63) is 33.9 Å². The van der Waals surface area contributed by atoms with Crippen LogP contribution in [0.5, 0.6) is 0 Å². The van der Waals surface area contributed by atoms with Crippen LogP contribution in [0.3, 0.4) is 0 Å². The monoisotopic (exact) mass is 292 g/mol. The van der Waals surface area contributed by atoms with E-state index in [9.17, 15) is 10.1 Å². The third-order valence-electron chi connectivity index (χ3n) is 4.13. The highest BCUT2D eigenvalue weighted by Gasteiger charge is 2.22. The van der Waals surface area contributed by atoms with Crippen molar-refractivity contribution in [3.63, 3.8) is 0 Å². The van der Waals surface area contributed by atoms with Gasteiger partial charge in [-0.1, -0.05) is 12.1 Å². The van der Waals surface area contributed by atoms with Crippen molar-refractivity contribution >= 4 is 11.4 Å². The molecule has 1 aliphatic rings. The van der Waals surface area contributed by atoms with Gasteiger partial charge in [0.15, 0.2) is 0 Å². The molecule has 0 aromatic heterocycles. The zero-order chi connectivity index (χ0) is 15.4. The summed E-state index contributed by atoms with van der Waals surface area (Å²) in [6.45, 7) is 6.13. The summed E-state index contributed by atoms with van der Waals surface area (Å²) < 4.78 is 0. The molecular formula is C15H24N4O2. The minimum Gasteiger partial charge on any atom is -0.382 e. The summed E-state index contributed by atoms with van der Waals surface area (Å²) in [5.41, 5.74) is 1.77. The number of nitro benzene ring substituents is 1. The van der Waals surface area contributed by atoms with Crippen LogP contribution in [0.4, 0.5) is 11.4 Å². The number of nitrogens with zero attached hydrogens (tertiary/aromatic N) is 3. The summed E-state index contributed by atoms with van der Waals surface area (Å²) in [5, 5.41) is 14.1. The number of likely N-dealkylation sites (N-methyl/N-ethyl adjacent to an activating group) is 1. The summed E-state index contributed by atoms with van der Waals surface area (Å²) in [4.78, 5) is 15.6. The Morgan fingerprint density at radius 1 is 1.43 bits per heavy atom. The van der Waals surface area contributed by atoms with Gasteiger partial charge in [0, 0.05) is 38.8 Å². The van der Waals surface area contributed by atoms with Gasteiger partial charge in [-0.05, 0) is 32.5 Å². The molecule has 1 aliphatic heterocycles. The van der Waals surface area contributed by atoms with Crippen molar-refractivity contribution in [2.24, 2.45) is 0 Å². The molecule has 2 rings (SSSR count). The average Bonchev–Trinajstić information content (AvgIpc) is 2.60. The number of para-hydroxylation sites is 1. The van der Waals surface area contributed by atoms with Crippen LogP contribution in [0, 0.1) is 10.1 Å². The fourth-order valence-electron chi connectivity index (χ4n) is 3.03. The summed E-state index contributed by atoms with van der Waals surface area (Å²) in [5.74, 6) is 0. The van der Waals surface area contributed by atoms with Crippen molar-refractivity contribution in [2.75, 3.05) is 39.0 Å². The lowest BCUT2D eigenvalue weighted by atomic mass is 10.1. The number of anilines is 1. The molecule has 1 aromatic rings. The lowest BCUT2D eigenvalue weighted by Crippen LogP contribution is -2.37. The minimum atomic E-state index is -0.324.